The predicted octanol–water partition coefficient (Wildman–Crippen LogP) is 1.81. The summed E-state index contributed by atoms with van der Waals surface area (Å²) in [6, 6.07) is 3.74. The number of nitrogens with one attached hydrogen (secondary N) is 1. The first-order valence-electron chi connectivity index (χ1n) is 8.56. The SMILES string of the molecule is Nc1nc(CCC(=O)N2CCC[C@H]2c2ccc(C(=O)NCCO)s2)cs1. The Morgan fingerprint density at radius 1 is 1.42 bits per heavy atom. The highest BCUT2D eigenvalue weighted by atomic mass is 32.1. The minimum Gasteiger partial charge on any atom is -0.395 e. The number of hydrogen-bond acceptors (Lipinski definition) is 7. The van der Waals surface area contributed by atoms with Gasteiger partial charge in [0.05, 0.1) is 23.2 Å². The van der Waals surface area contributed by atoms with Crippen LogP contribution < -0.4 is 11.1 Å². The van der Waals surface area contributed by atoms with Gasteiger partial charge in [0.1, 0.15) is 0 Å². The van der Waals surface area contributed by atoms with Crippen LogP contribution in [0.1, 0.15) is 45.5 Å². The van der Waals surface area contributed by atoms with Crippen molar-refractivity contribution >= 4 is 39.6 Å². The Morgan fingerprint density at radius 2 is 2.27 bits per heavy atom. The van der Waals surface area contributed by atoms with Gasteiger partial charge in [-0.15, -0.1) is 22.7 Å². The number of hydrogen-bond donors (Lipinski definition) is 3. The average Bonchev–Trinajstić information content (AvgIpc) is 3.36. The lowest BCUT2D eigenvalue weighted by Crippen LogP contribution is -2.30. The molecule has 7 nitrogen and oxygen atoms in total. The van der Waals surface area contributed by atoms with Crippen molar-refractivity contribution < 1.29 is 14.7 Å². The summed E-state index contributed by atoms with van der Waals surface area (Å²) in [5.74, 6) is -0.0777. The topological polar surface area (TPSA) is 109 Å². The van der Waals surface area contributed by atoms with Crippen LogP contribution in [-0.4, -0.2) is 46.5 Å². The number of thiophene rings is 1. The van der Waals surface area contributed by atoms with Crippen molar-refractivity contribution in [2.75, 3.05) is 25.4 Å². The monoisotopic (exact) mass is 394 g/mol. The third kappa shape index (κ3) is 4.40. The van der Waals surface area contributed by atoms with Gasteiger partial charge in [-0.1, -0.05) is 0 Å². The standard InChI is InChI=1S/C17H22N4O3S2/c18-17-20-11(10-25-17)3-6-15(23)21-8-1-2-12(21)13-4-5-14(26-13)16(24)19-7-9-22/h4-5,10,12,22H,1-3,6-9H2,(H2,18,20)(H,19,24)/t12-/m0/s1. The van der Waals surface area contributed by atoms with Crippen LogP contribution in [0.4, 0.5) is 5.13 Å². The van der Waals surface area contributed by atoms with Crippen LogP contribution in [0.2, 0.25) is 0 Å². The minimum atomic E-state index is -0.188. The number of aryl methyl sites for hydroxylation is 1. The maximum atomic E-state index is 12.7. The van der Waals surface area contributed by atoms with Gasteiger partial charge in [0.15, 0.2) is 5.13 Å². The van der Waals surface area contributed by atoms with Crippen LogP contribution in [0, 0.1) is 0 Å². The summed E-state index contributed by atoms with van der Waals surface area (Å²) in [6.45, 7) is 0.896. The van der Waals surface area contributed by atoms with E-state index in [1.165, 1.54) is 22.7 Å². The highest BCUT2D eigenvalue weighted by Crippen LogP contribution is 2.36. The van der Waals surface area contributed by atoms with Crippen molar-refractivity contribution in [1.82, 2.24) is 15.2 Å². The van der Waals surface area contributed by atoms with Gasteiger partial charge in [0, 0.05) is 29.8 Å². The van der Waals surface area contributed by atoms with Crippen molar-refractivity contribution in [3.63, 3.8) is 0 Å². The van der Waals surface area contributed by atoms with E-state index in [2.05, 4.69) is 10.3 Å². The molecule has 1 saturated heterocycles. The van der Waals surface area contributed by atoms with Crippen molar-refractivity contribution in [3.8, 4) is 0 Å². The van der Waals surface area contributed by atoms with Crippen LogP contribution in [0.15, 0.2) is 17.5 Å². The second-order valence-electron chi connectivity index (χ2n) is 6.10. The number of nitrogen functional groups attached to an aromatic ring is 1. The molecule has 3 heterocycles. The summed E-state index contributed by atoms with van der Waals surface area (Å²) in [4.78, 5) is 32.4. The second kappa shape index (κ2) is 8.61. The summed E-state index contributed by atoms with van der Waals surface area (Å²) >= 11 is 2.80. The molecule has 9 heteroatoms. The summed E-state index contributed by atoms with van der Waals surface area (Å²) in [7, 11) is 0. The Labute approximate surface area is 159 Å². The number of nitrogens with two attached hydrogens (primary N) is 1. The van der Waals surface area contributed by atoms with Gasteiger partial charge in [-0.25, -0.2) is 4.98 Å². The molecule has 2 aromatic heterocycles. The van der Waals surface area contributed by atoms with Gasteiger partial charge in [-0.05, 0) is 31.4 Å². The third-order valence-corrected chi connectivity index (χ3v) is 6.22. The van der Waals surface area contributed by atoms with Crippen molar-refractivity contribution in [1.29, 1.82) is 0 Å². The molecule has 0 radical (unpaired) electrons. The number of aliphatic hydroxyl groups excluding tert-OH is 1. The number of thiazole rings is 1. The zero-order valence-corrected chi connectivity index (χ0v) is 15.9. The maximum Gasteiger partial charge on any atom is 0.261 e. The van der Waals surface area contributed by atoms with Gasteiger partial charge < -0.3 is 21.1 Å². The van der Waals surface area contributed by atoms with E-state index in [0.717, 1.165) is 30.0 Å². The molecule has 0 bridgehead atoms. The fourth-order valence-electron chi connectivity index (χ4n) is 3.09. The molecule has 140 valence electrons. The first-order chi connectivity index (χ1) is 12.6. The number of aliphatic hydroxyl groups is 1. The molecule has 1 fully saturated rings. The highest BCUT2D eigenvalue weighted by molar-refractivity contribution is 7.14. The van der Waals surface area contributed by atoms with Gasteiger partial charge >= 0.3 is 0 Å². The Hall–Kier alpha value is -1.97. The fraction of sp³-hybridized carbons (Fsp3) is 0.471. The Morgan fingerprint density at radius 3 is 3.00 bits per heavy atom. The Bertz CT molecular complexity index is 774. The van der Waals surface area contributed by atoms with Crippen LogP contribution in [0.5, 0.6) is 0 Å². The largest absolute Gasteiger partial charge is 0.395 e. The Kier molecular flexibility index (Phi) is 6.23. The van der Waals surface area contributed by atoms with E-state index in [1.807, 2.05) is 16.3 Å². The van der Waals surface area contributed by atoms with E-state index < -0.39 is 0 Å². The minimum absolute atomic E-state index is 0.0346. The fourth-order valence-corrected chi connectivity index (χ4v) is 4.76. The van der Waals surface area contributed by atoms with Crippen LogP contribution >= 0.6 is 22.7 Å². The molecule has 26 heavy (non-hydrogen) atoms. The van der Waals surface area contributed by atoms with Crippen molar-refractivity contribution in [3.05, 3.63) is 33.0 Å². The second-order valence-corrected chi connectivity index (χ2v) is 8.11. The van der Waals surface area contributed by atoms with Crippen molar-refractivity contribution in [2.45, 2.75) is 31.7 Å². The lowest BCUT2D eigenvalue weighted by atomic mass is 10.1. The molecular weight excluding hydrogens is 372 g/mol. The smallest absolute Gasteiger partial charge is 0.261 e. The number of amides is 2. The van der Waals surface area contributed by atoms with E-state index in [-0.39, 0.29) is 31.0 Å². The van der Waals surface area contributed by atoms with Gasteiger partial charge in [0.2, 0.25) is 5.91 Å². The number of carbonyl (C=O) groups is 2. The van der Waals surface area contributed by atoms with E-state index in [4.69, 9.17) is 10.8 Å². The zero-order valence-electron chi connectivity index (χ0n) is 14.3. The number of aromatic nitrogens is 1. The van der Waals surface area contributed by atoms with Crippen molar-refractivity contribution in [2.24, 2.45) is 0 Å². The quantitative estimate of drug-likeness (QED) is 0.664. The van der Waals surface area contributed by atoms with E-state index in [0.29, 0.717) is 22.9 Å². The summed E-state index contributed by atoms with van der Waals surface area (Å²) in [5.41, 5.74) is 6.49. The van der Waals surface area contributed by atoms with Crippen LogP contribution in [0.25, 0.3) is 0 Å². The first kappa shape index (κ1) is 18.8. The first-order valence-corrected chi connectivity index (χ1v) is 10.3. The molecule has 1 aliphatic rings. The predicted molar refractivity (Wildman–Crippen MR) is 102 cm³/mol. The molecule has 4 N–H and O–H groups in total. The molecular formula is C17H22N4O3S2. The molecule has 1 aliphatic heterocycles. The molecule has 2 aromatic rings. The molecule has 1 atom stereocenters. The third-order valence-electron chi connectivity index (χ3n) is 4.31. The lowest BCUT2D eigenvalue weighted by Gasteiger charge is -2.23. The number of likely N-dealkylation sites (tertiary alicyclic amines) is 1. The van der Waals surface area contributed by atoms with Gasteiger partial charge in [-0.3, -0.25) is 9.59 Å². The number of anilines is 1. The summed E-state index contributed by atoms with van der Waals surface area (Å²) < 4.78 is 0. The summed E-state index contributed by atoms with van der Waals surface area (Å²) in [6.07, 6.45) is 2.88. The summed E-state index contributed by atoms with van der Waals surface area (Å²) in [5, 5.41) is 13.9. The van der Waals surface area contributed by atoms with E-state index in [9.17, 15) is 9.59 Å². The normalized spacial score (nSPS) is 16.8. The van der Waals surface area contributed by atoms with Crippen LogP contribution in [0.3, 0.4) is 0 Å². The average molecular weight is 395 g/mol. The Balaban J connectivity index is 1.61. The molecule has 0 aliphatic carbocycles. The molecule has 0 spiro atoms. The maximum absolute atomic E-state index is 12.7. The molecule has 0 aromatic carbocycles. The number of carbonyl (C=O) groups excluding carboxylic acids is 2. The van der Waals surface area contributed by atoms with Gasteiger partial charge in [0.25, 0.3) is 5.91 Å². The van der Waals surface area contributed by atoms with E-state index in [1.54, 1.807) is 6.07 Å². The van der Waals surface area contributed by atoms with E-state index >= 15 is 0 Å². The zero-order chi connectivity index (χ0) is 18.5. The molecule has 2 amide bonds. The highest BCUT2D eigenvalue weighted by Gasteiger charge is 2.31. The number of nitrogens with zero attached hydrogens (tertiary/aromatic N) is 2. The van der Waals surface area contributed by atoms with Crippen LogP contribution in [-0.2, 0) is 11.2 Å². The molecule has 0 unspecified atom stereocenters. The van der Waals surface area contributed by atoms with Gasteiger partial charge in [-0.2, -0.15) is 0 Å². The molecule has 3 rings (SSSR count). The molecule has 0 saturated carbocycles. The lowest BCUT2D eigenvalue weighted by molar-refractivity contribution is -0.132. The number of rotatable bonds is 7.